The summed E-state index contributed by atoms with van der Waals surface area (Å²) in [4.78, 5) is 36.8. The first-order valence-corrected chi connectivity index (χ1v) is 11.5. The molecule has 4 aliphatic carbocycles. The second kappa shape index (κ2) is 6.78. The third-order valence-electron chi connectivity index (χ3n) is 9.47. The zero-order chi connectivity index (χ0) is 21.4. The second-order valence-corrected chi connectivity index (χ2v) is 11.0. The van der Waals surface area contributed by atoms with E-state index in [9.17, 15) is 19.5 Å². The quantitative estimate of drug-likeness (QED) is 0.540. The van der Waals surface area contributed by atoms with Crippen molar-refractivity contribution >= 4 is 29.1 Å². The van der Waals surface area contributed by atoms with Gasteiger partial charge in [-0.25, -0.2) is 0 Å². The lowest BCUT2D eigenvalue weighted by Gasteiger charge is -2.63. The number of aliphatic hydroxyl groups is 1. The molecule has 0 heterocycles. The first-order valence-electron chi connectivity index (χ1n) is 11.0. The summed E-state index contributed by atoms with van der Waals surface area (Å²) >= 11 is 6.60. The van der Waals surface area contributed by atoms with Crippen LogP contribution in [0.3, 0.4) is 0 Å². The maximum absolute atomic E-state index is 12.5. The standard InChI is InChI=1S/C23H33ClO5/c1-12(25)23(28)10-7-15-14-5-6-16-20(24)17(27)8-9-21(16,3)19(14)18(29-13(2)26)11-22(15,23)4/h14-16,18-20,28H,5-11H2,1-4H3/t14-,15-,16-,18+,19+,20+,21-,22-,23+/m0/s1. The molecule has 4 fully saturated rings. The van der Waals surface area contributed by atoms with Gasteiger partial charge in [0.2, 0.25) is 0 Å². The fourth-order valence-corrected chi connectivity index (χ4v) is 8.61. The number of alkyl halides is 1. The van der Waals surface area contributed by atoms with Gasteiger partial charge in [0.15, 0.2) is 11.6 Å². The largest absolute Gasteiger partial charge is 0.462 e. The van der Waals surface area contributed by atoms with Crippen molar-refractivity contribution in [2.24, 2.45) is 34.5 Å². The highest BCUT2D eigenvalue weighted by molar-refractivity contribution is 6.31. The molecule has 0 saturated heterocycles. The Kier molecular flexibility index (Phi) is 4.98. The van der Waals surface area contributed by atoms with E-state index in [0.29, 0.717) is 19.3 Å². The van der Waals surface area contributed by atoms with Gasteiger partial charge in [-0.1, -0.05) is 13.8 Å². The van der Waals surface area contributed by atoms with Gasteiger partial charge >= 0.3 is 5.97 Å². The van der Waals surface area contributed by atoms with Crippen molar-refractivity contribution in [2.75, 3.05) is 0 Å². The van der Waals surface area contributed by atoms with Crippen LogP contribution in [0.5, 0.6) is 0 Å². The highest BCUT2D eigenvalue weighted by Gasteiger charge is 2.69. The number of esters is 1. The Morgan fingerprint density at radius 1 is 1.10 bits per heavy atom. The van der Waals surface area contributed by atoms with E-state index in [1.807, 2.05) is 6.92 Å². The Morgan fingerprint density at radius 2 is 1.79 bits per heavy atom. The molecule has 0 spiro atoms. The topological polar surface area (TPSA) is 80.7 Å². The van der Waals surface area contributed by atoms with Crippen LogP contribution in [-0.2, 0) is 19.1 Å². The summed E-state index contributed by atoms with van der Waals surface area (Å²) in [5, 5.41) is 10.9. The van der Waals surface area contributed by atoms with Crippen molar-refractivity contribution < 1.29 is 24.2 Å². The number of ketones is 2. The van der Waals surface area contributed by atoms with Crippen LogP contribution in [0.15, 0.2) is 0 Å². The minimum atomic E-state index is -1.36. The molecule has 0 aliphatic heterocycles. The summed E-state index contributed by atoms with van der Waals surface area (Å²) in [6.45, 7) is 7.14. The van der Waals surface area contributed by atoms with Gasteiger partial charge in [0.25, 0.3) is 0 Å². The van der Waals surface area contributed by atoms with E-state index in [1.54, 1.807) is 0 Å². The van der Waals surface area contributed by atoms with Crippen LogP contribution in [0, 0.1) is 34.5 Å². The number of Topliss-reactive ketones (excluding diaryl/α,β-unsaturated/α-hetero) is 2. The fraction of sp³-hybridized carbons (Fsp3) is 0.870. The average molecular weight is 425 g/mol. The van der Waals surface area contributed by atoms with Gasteiger partial charge in [-0.05, 0) is 68.6 Å². The van der Waals surface area contributed by atoms with Gasteiger partial charge in [0.1, 0.15) is 11.7 Å². The number of rotatable bonds is 2. The summed E-state index contributed by atoms with van der Waals surface area (Å²) in [7, 11) is 0. The molecular weight excluding hydrogens is 392 g/mol. The Labute approximate surface area is 177 Å². The predicted molar refractivity (Wildman–Crippen MR) is 108 cm³/mol. The SMILES string of the molecule is CC(=O)O[C@@H]1C[C@@]2(C)[C@@H](CC[C@@]2(O)C(C)=O)[C@@H]2CC[C@H]3[C@@H](Cl)C(=O)CC[C@]3(C)[C@H]21. The Bertz CT molecular complexity index is 752. The molecule has 0 amide bonds. The maximum atomic E-state index is 12.5. The van der Waals surface area contributed by atoms with Crippen LogP contribution in [0.2, 0.25) is 0 Å². The summed E-state index contributed by atoms with van der Waals surface area (Å²) < 4.78 is 5.89. The fourth-order valence-electron chi connectivity index (χ4n) is 8.09. The Hall–Kier alpha value is -0.940. The van der Waals surface area contributed by atoms with Crippen LogP contribution in [-0.4, -0.2) is 39.7 Å². The molecule has 1 N–H and O–H groups in total. The molecule has 6 heteroatoms. The van der Waals surface area contributed by atoms with Crippen molar-refractivity contribution in [1.29, 1.82) is 0 Å². The van der Waals surface area contributed by atoms with Gasteiger partial charge < -0.3 is 9.84 Å². The van der Waals surface area contributed by atoms with Crippen LogP contribution in [0.25, 0.3) is 0 Å². The minimum absolute atomic E-state index is 0.0853. The normalized spacial score (nSPS) is 51.6. The number of ether oxygens (including phenoxy) is 1. The molecule has 0 radical (unpaired) electrons. The van der Waals surface area contributed by atoms with Crippen LogP contribution >= 0.6 is 11.6 Å². The molecule has 0 unspecified atom stereocenters. The minimum Gasteiger partial charge on any atom is -0.462 e. The van der Waals surface area contributed by atoms with E-state index < -0.39 is 16.4 Å². The molecule has 5 nitrogen and oxygen atoms in total. The monoisotopic (exact) mass is 424 g/mol. The van der Waals surface area contributed by atoms with Gasteiger partial charge in [0, 0.05) is 24.7 Å². The summed E-state index contributed by atoms with van der Waals surface area (Å²) in [6.07, 6.45) is 4.39. The van der Waals surface area contributed by atoms with E-state index in [1.165, 1.54) is 13.8 Å². The number of hydrogen-bond acceptors (Lipinski definition) is 5. The van der Waals surface area contributed by atoms with Gasteiger partial charge in [-0.15, -0.1) is 11.6 Å². The first kappa shape index (κ1) is 21.3. The highest BCUT2D eigenvalue weighted by Crippen LogP contribution is 2.68. The molecular formula is C23H33ClO5. The maximum Gasteiger partial charge on any atom is 0.302 e. The van der Waals surface area contributed by atoms with Crippen LogP contribution in [0.1, 0.15) is 72.6 Å². The number of carbonyl (C=O) groups excluding carboxylic acids is 3. The van der Waals surface area contributed by atoms with E-state index >= 15 is 0 Å². The van der Waals surface area contributed by atoms with Crippen LogP contribution in [0.4, 0.5) is 0 Å². The molecule has 9 atom stereocenters. The van der Waals surface area contributed by atoms with Gasteiger partial charge in [-0.2, -0.15) is 0 Å². The first-order chi connectivity index (χ1) is 13.5. The molecule has 0 aromatic heterocycles. The molecule has 0 aromatic carbocycles. The average Bonchev–Trinajstić information content (AvgIpc) is 2.90. The molecule has 29 heavy (non-hydrogen) atoms. The number of hydrogen-bond donors (Lipinski definition) is 1. The van der Waals surface area contributed by atoms with Crippen molar-refractivity contribution in [2.45, 2.75) is 89.7 Å². The molecule has 4 rings (SSSR count). The molecule has 4 saturated carbocycles. The molecule has 162 valence electrons. The molecule has 0 bridgehead atoms. The van der Waals surface area contributed by atoms with Gasteiger partial charge in [-0.3, -0.25) is 14.4 Å². The van der Waals surface area contributed by atoms with E-state index in [2.05, 4.69) is 6.92 Å². The van der Waals surface area contributed by atoms with Gasteiger partial charge in [0.05, 0.1) is 5.38 Å². The van der Waals surface area contributed by atoms with Crippen molar-refractivity contribution in [3.05, 3.63) is 0 Å². The van der Waals surface area contributed by atoms with Crippen LogP contribution < -0.4 is 0 Å². The summed E-state index contributed by atoms with van der Waals surface area (Å²) in [6, 6.07) is 0. The molecule has 4 aliphatic rings. The smallest absolute Gasteiger partial charge is 0.302 e. The second-order valence-electron chi connectivity index (χ2n) is 10.6. The lowest BCUT2D eigenvalue weighted by molar-refractivity contribution is -0.208. The predicted octanol–water partition coefficient (Wildman–Crippen LogP) is 3.68. The Morgan fingerprint density at radius 3 is 2.41 bits per heavy atom. The van der Waals surface area contributed by atoms with E-state index in [4.69, 9.17) is 16.3 Å². The summed E-state index contributed by atoms with van der Waals surface area (Å²) in [5.41, 5.74) is -2.15. The molecule has 0 aromatic rings. The van der Waals surface area contributed by atoms with E-state index in [0.717, 1.165) is 25.7 Å². The van der Waals surface area contributed by atoms with Crippen molar-refractivity contribution in [1.82, 2.24) is 0 Å². The Balaban J connectivity index is 1.78. The third-order valence-corrected chi connectivity index (χ3v) is 10.0. The lowest BCUT2D eigenvalue weighted by Crippen LogP contribution is -2.64. The highest BCUT2D eigenvalue weighted by atomic mass is 35.5. The van der Waals surface area contributed by atoms with E-state index in [-0.39, 0.29) is 52.7 Å². The van der Waals surface area contributed by atoms with Crippen molar-refractivity contribution in [3.8, 4) is 0 Å². The third kappa shape index (κ3) is 2.79. The number of carbonyl (C=O) groups is 3. The zero-order valence-corrected chi connectivity index (χ0v) is 18.6. The number of halogens is 1. The zero-order valence-electron chi connectivity index (χ0n) is 17.9. The van der Waals surface area contributed by atoms with Crippen molar-refractivity contribution in [3.63, 3.8) is 0 Å². The number of fused-ring (bicyclic) bond motifs is 5. The lowest BCUT2D eigenvalue weighted by atomic mass is 9.43. The summed E-state index contributed by atoms with van der Waals surface area (Å²) in [5.74, 6) is 0.257.